The van der Waals surface area contributed by atoms with Gasteiger partial charge in [0, 0.05) is 24.7 Å². The number of H-pyrrole nitrogens is 1. The Balaban J connectivity index is 1.66. The molecular formula is C20H19F3N4O3. The second-order valence-corrected chi connectivity index (χ2v) is 7.47. The topological polar surface area (TPSA) is 92.1 Å². The van der Waals surface area contributed by atoms with Gasteiger partial charge in [-0.2, -0.15) is 13.2 Å². The Labute approximate surface area is 168 Å². The van der Waals surface area contributed by atoms with E-state index in [1.807, 2.05) is 0 Å². The summed E-state index contributed by atoms with van der Waals surface area (Å²) in [4.78, 5) is 33.4. The Hall–Kier alpha value is -3.17. The zero-order valence-electron chi connectivity index (χ0n) is 16.3. The van der Waals surface area contributed by atoms with Crippen LogP contribution in [0.15, 0.2) is 27.5 Å². The van der Waals surface area contributed by atoms with Crippen molar-refractivity contribution in [3.8, 4) is 0 Å². The van der Waals surface area contributed by atoms with Crippen molar-refractivity contribution >= 4 is 16.8 Å². The second kappa shape index (κ2) is 7.26. The minimum Gasteiger partial charge on any atom is -0.361 e. The fourth-order valence-electron chi connectivity index (χ4n) is 3.90. The van der Waals surface area contributed by atoms with Crippen molar-refractivity contribution in [2.24, 2.45) is 0 Å². The number of amides is 1. The van der Waals surface area contributed by atoms with Crippen molar-refractivity contribution in [2.45, 2.75) is 38.8 Å². The van der Waals surface area contributed by atoms with Crippen LogP contribution in [-0.2, 0) is 6.18 Å². The van der Waals surface area contributed by atoms with Gasteiger partial charge >= 0.3 is 6.18 Å². The van der Waals surface area contributed by atoms with Crippen molar-refractivity contribution in [3.05, 3.63) is 57.0 Å². The van der Waals surface area contributed by atoms with Crippen LogP contribution in [0.5, 0.6) is 0 Å². The molecule has 7 nitrogen and oxygen atoms in total. The highest BCUT2D eigenvalue weighted by molar-refractivity contribution is 5.96. The Morgan fingerprint density at radius 2 is 2.07 bits per heavy atom. The van der Waals surface area contributed by atoms with Crippen LogP contribution in [0, 0.1) is 13.8 Å². The molecule has 0 spiro atoms. The Bertz CT molecular complexity index is 1160. The number of alkyl halides is 3. The molecule has 158 valence electrons. The van der Waals surface area contributed by atoms with Crippen molar-refractivity contribution in [3.63, 3.8) is 0 Å². The van der Waals surface area contributed by atoms with Gasteiger partial charge in [0.2, 0.25) is 0 Å². The van der Waals surface area contributed by atoms with Gasteiger partial charge < -0.3 is 14.4 Å². The first-order valence-electron chi connectivity index (χ1n) is 9.48. The number of halogens is 3. The van der Waals surface area contributed by atoms with Crippen LogP contribution >= 0.6 is 0 Å². The summed E-state index contributed by atoms with van der Waals surface area (Å²) in [6, 6.07) is 3.39. The third-order valence-corrected chi connectivity index (χ3v) is 5.41. The Morgan fingerprint density at radius 3 is 2.73 bits per heavy atom. The van der Waals surface area contributed by atoms with E-state index in [9.17, 15) is 22.8 Å². The first-order chi connectivity index (χ1) is 14.1. The lowest BCUT2D eigenvalue weighted by atomic mass is 9.93. The number of likely N-dealkylation sites (tertiary alicyclic amines) is 1. The number of aromatic nitrogens is 3. The number of hydrogen-bond donors (Lipinski definition) is 1. The van der Waals surface area contributed by atoms with Crippen LogP contribution in [0.1, 0.15) is 52.0 Å². The van der Waals surface area contributed by atoms with Crippen LogP contribution in [0.25, 0.3) is 10.9 Å². The zero-order chi connectivity index (χ0) is 21.6. The lowest BCUT2D eigenvalue weighted by Gasteiger charge is -2.32. The van der Waals surface area contributed by atoms with Crippen LogP contribution < -0.4 is 5.56 Å². The normalized spacial score (nSPS) is 17.5. The number of nitrogens with zero attached hydrogens (tertiary/aromatic N) is 3. The third kappa shape index (κ3) is 3.57. The summed E-state index contributed by atoms with van der Waals surface area (Å²) in [6.45, 7) is 4.21. The molecule has 1 amide bonds. The predicted molar refractivity (Wildman–Crippen MR) is 101 cm³/mol. The number of carbonyl (C=O) groups excluding carboxylic acids is 1. The number of fused-ring (bicyclic) bond motifs is 1. The number of nitrogens with one attached hydrogen (secondary N) is 1. The number of aromatic amines is 1. The van der Waals surface area contributed by atoms with Gasteiger partial charge in [-0.05, 0) is 44.9 Å². The average Bonchev–Trinajstić information content (AvgIpc) is 3.04. The molecule has 0 unspecified atom stereocenters. The molecule has 0 saturated carbocycles. The molecule has 4 rings (SSSR count). The van der Waals surface area contributed by atoms with Gasteiger partial charge in [0.1, 0.15) is 17.0 Å². The highest BCUT2D eigenvalue weighted by Gasteiger charge is 2.33. The summed E-state index contributed by atoms with van der Waals surface area (Å²) in [5.41, 5.74) is -0.182. The molecule has 1 fully saturated rings. The summed E-state index contributed by atoms with van der Waals surface area (Å²) in [6.07, 6.45) is -3.22. The minimum atomic E-state index is -4.60. The van der Waals surface area contributed by atoms with E-state index in [0.29, 0.717) is 48.6 Å². The van der Waals surface area contributed by atoms with Gasteiger partial charge in [-0.1, -0.05) is 5.16 Å². The van der Waals surface area contributed by atoms with Crippen molar-refractivity contribution in [1.29, 1.82) is 0 Å². The molecule has 30 heavy (non-hydrogen) atoms. The van der Waals surface area contributed by atoms with E-state index in [1.165, 1.54) is 6.07 Å². The third-order valence-electron chi connectivity index (χ3n) is 5.41. The van der Waals surface area contributed by atoms with E-state index in [1.54, 1.807) is 18.7 Å². The maximum Gasteiger partial charge on any atom is 0.433 e. The molecule has 1 aliphatic heterocycles. The van der Waals surface area contributed by atoms with E-state index in [4.69, 9.17) is 4.52 Å². The van der Waals surface area contributed by atoms with E-state index in [0.717, 1.165) is 12.1 Å². The first kappa shape index (κ1) is 20.1. The summed E-state index contributed by atoms with van der Waals surface area (Å²) in [7, 11) is 0. The molecule has 0 bridgehead atoms. The fourth-order valence-corrected chi connectivity index (χ4v) is 3.90. The number of aryl methyl sites for hydroxylation is 2. The highest BCUT2D eigenvalue weighted by atomic mass is 19.4. The molecule has 1 atom stereocenters. The Morgan fingerprint density at radius 1 is 1.30 bits per heavy atom. The number of hydrogen-bond acceptors (Lipinski definition) is 5. The second-order valence-electron chi connectivity index (χ2n) is 7.47. The molecule has 0 radical (unpaired) electrons. The summed E-state index contributed by atoms with van der Waals surface area (Å²) >= 11 is 0. The molecule has 3 aromatic heterocycles. The van der Waals surface area contributed by atoms with E-state index in [2.05, 4.69) is 15.1 Å². The number of piperidine rings is 1. The Kier molecular flexibility index (Phi) is 4.87. The van der Waals surface area contributed by atoms with E-state index < -0.39 is 17.4 Å². The quantitative estimate of drug-likeness (QED) is 0.684. The molecule has 1 aliphatic rings. The predicted octanol–water partition coefficient (Wildman–Crippen LogP) is 3.57. The maximum absolute atomic E-state index is 13.0. The summed E-state index contributed by atoms with van der Waals surface area (Å²) in [5, 5.41) is 3.90. The smallest absolute Gasteiger partial charge is 0.361 e. The fraction of sp³-hybridized carbons (Fsp3) is 0.400. The monoisotopic (exact) mass is 420 g/mol. The zero-order valence-corrected chi connectivity index (χ0v) is 16.3. The van der Waals surface area contributed by atoms with E-state index >= 15 is 0 Å². The number of pyridine rings is 2. The highest BCUT2D eigenvalue weighted by Crippen LogP contribution is 2.31. The van der Waals surface area contributed by atoms with Crippen molar-refractivity contribution in [2.75, 3.05) is 13.1 Å². The SMILES string of the molecule is Cc1noc(C)c1C(=O)N1CCC[C@H](c2cc3nc(C(F)(F)F)ccc3c(=O)[nH]2)C1. The van der Waals surface area contributed by atoms with Crippen LogP contribution in [0.4, 0.5) is 13.2 Å². The van der Waals surface area contributed by atoms with Gasteiger partial charge in [-0.15, -0.1) is 0 Å². The van der Waals surface area contributed by atoms with Gasteiger partial charge in [-0.25, -0.2) is 4.98 Å². The summed E-state index contributed by atoms with van der Waals surface area (Å²) < 4.78 is 44.1. The number of carbonyl (C=O) groups is 1. The van der Waals surface area contributed by atoms with Gasteiger partial charge in [0.05, 0.1) is 16.6 Å². The first-order valence-corrected chi connectivity index (χ1v) is 9.48. The van der Waals surface area contributed by atoms with E-state index in [-0.39, 0.29) is 22.7 Å². The molecule has 1 saturated heterocycles. The molecule has 10 heteroatoms. The molecule has 0 aliphatic carbocycles. The van der Waals surface area contributed by atoms with Crippen molar-refractivity contribution in [1.82, 2.24) is 20.0 Å². The minimum absolute atomic E-state index is 0.0160. The van der Waals surface area contributed by atoms with Gasteiger partial charge in [-0.3, -0.25) is 9.59 Å². The lowest BCUT2D eigenvalue weighted by molar-refractivity contribution is -0.140. The summed E-state index contributed by atoms with van der Waals surface area (Å²) in [5.74, 6) is -0.00389. The molecule has 4 heterocycles. The molecule has 1 N–H and O–H groups in total. The maximum atomic E-state index is 13.0. The molecule has 3 aromatic rings. The van der Waals surface area contributed by atoms with Crippen LogP contribution in [0.2, 0.25) is 0 Å². The molecule has 0 aromatic carbocycles. The average molecular weight is 420 g/mol. The van der Waals surface area contributed by atoms with Gasteiger partial charge in [0.15, 0.2) is 0 Å². The molecular weight excluding hydrogens is 401 g/mol. The number of rotatable bonds is 2. The largest absolute Gasteiger partial charge is 0.433 e. The van der Waals surface area contributed by atoms with Crippen LogP contribution in [0.3, 0.4) is 0 Å². The van der Waals surface area contributed by atoms with Gasteiger partial charge in [0.25, 0.3) is 11.5 Å². The lowest BCUT2D eigenvalue weighted by Crippen LogP contribution is -2.40. The van der Waals surface area contributed by atoms with Crippen molar-refractivity contribution < 1.29 is 22.5 Å². The standard InChI is InChI=1S/C20H19F3N4O3/c1-10-17(11(2)30-26-10)19(29)27-7-3-4-12(9-27)14-8-15-13(18(28)25-14)5-6-16(24-15)20(21,22)23/h5-6,8,12H,3-4,7,9H2,1-2H3,(H,25,28)/t12-/m0/s1. The van der Waals surface area contributed by atoms with Crippen LogP contribution in [-0.4, -0.2) is 39.0 Å².